The summed E-state index contributed by atoms with van der Waals surface area (Å²) in [5.74, 6) is -0.314. The molecule has 6 heteroatoms. The normalized spacial score (nSPS) is 18.2. The summed E-state index contributed by atoms with van der Waals surface area (Å²) in [6.07, 6.45) is 4.84. The average molecular weight is 338 g/mol. The third kappa shape index (κ3) is 3.43. The molecule has 1 aromatic heterocycles. The van der Waals surface area contributed by atoms with Crippen molar-refractivity contribution in [3.05, 3.63) is 42.1 Å². The van der Waals surface area contributed by atoms with Gasteiger partial charge < -0.3 is 10.2 Å². The van der Waals surface area contributed by atoms with E-state index in [1.165, 1.54) is 12.8 Å². The molecule has 1 saturated heterocycles. The molecule has 2 N–H and O–H groups in total. The fourth-order valence-electron chi connectivity index (χ4n) is 3.46. The molecular formula is C19H22N4O2. The molecule has 4 rings (SSSR count). The first-order chi connectivity index (χ1) is 12.2. The number of aromatic nitrogens is 2. The maximum atomic E-state index is 12.3. The van der Waals surface area contributed by atoms with Crippen molar-refractivity contribution in [3.63, 3.8) is 0 Å². The lowest BCUT2D eigenvalue weighted by Crippen LogP contribution is -2.44. The minimum absolute atomic E-state index is 0.00773. The largest absolute Gasteiger partial charge is 0.342 e. The van der Waals surface area contributed by atoms with Crippen LogP contribution in [0.1, 0.15) is 36.2 Å². The molecule has 1 aliphatic heterocycles. The van der Waals surface area contributed by atoms with Crippen molar-refractivity contribution in [2.75, 3.05) is 19.6 Å². The van der Waals surface area contributed by atoms with Gasteiger partial charge in [0.1, 0.15) is 5.69 Å². The fourth-order valence-corrected chi connectivity index (χ4v) is 3.46. The first kappa shape index (κ1) is 15.9. The summed E-state index contributed by atoms with van der Waals surface area (Å²) in [5.41, 5.74) is 2.56. The van der Waals surface area contributed by atoms with Crippen LogP contribution >= 0.6 is 0 Å². The molecule has 6 nitrogen and oxygen atoms in total. The molecule has 2 fully saturated rings. The van der Waals surface area contributed by atoms with Gasteiger partial charge >= 0.3 is 0 Å². The standard InChI is InChI=1S/C19H22N4O2/c24-17(23-10-8-19(6-7-19)9-11-23)13-20-18(25)16-12-15(21-22-16)14-4-2-1-3-5-14/h1-5,12H,6-11,13H2,(H,20,25)(H,21,22). The van der Waals surface area contributed by atoms with Crippen molar-refractivity contribution in [2.45, 2.75) is 25.7 Å². The Morgan fingerprint density at radius 2 is 1.84 bits per heavy atom. The van der Waals surface area contributed by atoms with Crippen LogP contribution in [0.25, 0.3) is 11.3 Å². The lowest BCUT2D eigenvalue weighted by molar-refractivity contribution is -0.131. The quantitative estimate of drug-likeness (QED) is 0.897. The van der Waals surface area contributed by atoms with Crippen LogP contribution < -0.4 is 5.32 Å². The number of benzene rings is 1. The summed E-state index contributed by atoms with van der Waals surface area (Å²) >= 11 is 0. The molecule has 2 amide bonds. The van der Waals surface area contributed by atoms with Crippen LogP contribution in [0, 0.1) is 5.41 Å². The number of piperidine rings is 1. The van der Waals surface area contributed by atoms with Crippen molar-refractivity contribution in [2.24, 2.45) is 5.41 Å². The van der Waals surface area contributed by atoms with Gasteiger partial charge in [0, 0.05) is 18.7 Å². The highest BCUT2D eigenvalue weighted by atomic mass is 16.2. The smallest absolute Gasteiger partial charge is 0.269 e. The Bertz CT molecular complexity index is 770. The van der Waals surface area contributed by atoms with Gasteiger partial charge in [0.25, 0.3) is 5.91 Å². The predicted molar refractivity (Wildman–Crippen MR) is 93.8 cm³/mol. The number of nitrogens with zero attached hydrogens (tertiary/aromatic N) is 2. The van der Waals surface area contributed by atoms with Crippen molar-refractivity contribution in [1.82, 2.24) is 20.4 Å². The molecule has 1 saturated carbocycles. The number of nitrogens with one attached hydrogen (secondary N) is 2. The predicted octanol–water partition coefficient (Wildman–Crippen LogP) is 2.21. The van der Waals surface area contributed by atoms with Gasteiger partial charge in [-0.1, -0.05) is 30.3 Å². The van der Waals surface area contributed by atoms with E-state index >= 15 is 0 Å². The Labute approximate surface area is 146 Å². The van der Waals surface area contributed by atoms with E-state index in [0.717, 1.165) is 31.5 Å². The number of likely N-dealkylation sites (tertiary alicyclic amines) is 1. The van der Waals surface area contributed by atoms with Crippen molar-refractivity contribution in [3.8, 4) is 11.3 Å². The number of rotatable bonds is 4. The maximum absolute atomic E-state index is 12.3. The van der Waals surface area contributed by atoms with Crippen LogP contribution in [0.3, 0.4) is 0 Å². The van der Waals surface area contributed by atoms with Crippen LogP contribution in [-0.4, -0.2) is 46.5 Å². The third-order valence-corrected chi connectivity index (χ3v) is 5.43. The van der Waals surface area contributed by atoms with E-state index < -0.39 is 0 Å². The van der Waals surface area contributed by atoms with E-state index in [1.807, 2.05) is 35.2 Å². The molecule has 1 aromatic carbocycles. The van der Waals surface area contributed by atoms with Crippen LogP contribution in [0.15, 0.2) is 36.4 Å². The summed E-state index contributed by atoms with van der Waals surface area (Å²) in [7, 11) is 0. The zero-order valence-electron chi connectivity index (χ0n) is 14.1. The lowest BCUT2D eigenvalue weighted by Gasteiger charge is -2.32. The second-order valence-corrected chi connectivity index (χ2v) is 7.10. The first-order valence-corrected chi connectivity index (χ1v) is 8.82. The maximum Gasteiger partial charge on any atom is 0.269 e. The number of aromatic amines is 1. The number of carbonyl (C=O) groups is 2. The molecule has 130 valence electrons. The van der Waals surface area contributed by atoms with Gasteiger partial charge in [0.2, 0.25) is 5.91 Å². The highest BCUT2D eigenvalue weighted by Crippen LogP contribution is 2.53. The molecule has 2 aliphatic rings. The Morgan fingerprint density at radius 1 is 1.12 bits per heavy atom. The molecule has 0 unspecified atom stereocenters. The molecule has 1 aliphatic carbocycles. The van der Waals surface area contributed by atoms with Gasteiger partial charge in [0.05, 0.1) is 12.2 Å². The second kappa shape index (κ2) is 6.35. The molecule has 2 aromatic rings. The summed E-state index contributed by atoms with van der Waals surface area (Å²) in [5, 5.41) is 9.60. The van der Waals surface area contributed by atoms with Crippen molar-refractivity contribution in [1.29, 1.82) is 0 Å². The molecular weight excluding hydrogens is 316 g/mol. The van der Waals surface area contributed by atoms with Crippen LogP contribution in [0.2, 0.25) is 0 Å². The summed E-state index contributed by atoms with van der Waals surface area (Å²) < 4.78 is 0. The summed E-state index contributed by atoms with van der Waals surface area (Å²) in [6, 6.07) is 11.3. The van der Waals surface area contributed by atoms with Crippen molar-refractivity contribution < 1.29 is 9.59 Å². The fraction of sp³-hybridized carbons (Fsp3) is 0.421. The number of amides is 2. The van der Waals surface area contributed by atoms with Gasteiger partial charge in [-0.3, -0.25) is 14.7 Å². The van der Waals surface area contributed by atoms with Crippen LogP contribution in [-0.2, 0) is 4.79 Å². The van der Waals surface area contributed by atoms with E-state index in [1.54, 1.807) is 6.07 Å². The van der Waals surface area contributed by atoms with Crippen LogP contribution in [0.4, 0.5) is 0 Å². The topological polar surface area (TPSA) is 78.1 Å². The zero-order chi connectivity index (χ0) is 17.3. The Balaban J connectivity index is 1.30. The van der Waals surface area contributed by atoms with Gasteiger partial charge in [-0.15, -0.1) is 0 Å². The summed E-state index contributed by atoms with van der Waals surface area (Å²) in [4.78, 5) is 26.4. The minimum Gasteiger partial charge on any atom is -0.342 e. The van der Waals surface area contributed by atoms with E-state index in [-0.39, 0.29) is 18.4 Å². The van der Waals surface area contributed by atoms with Gasteiger partial charge in [-0.2, -0.15) is 5.10 Å². The van der Waals surface area contributed by atoms with E-state index in [4.69, 9.17) is 0 Å². The van der Waals surface area contributed by atoms with E-state index in [2.05, 4.69) is 15.5 Å². The monoisotopic (exact) mass is 338 g/mol. The highest BCUT2D eigenvalue weighted by Gasteiger charge is 2.44. The molecule has 0 atom stereocenters. The Hall–Kier alpha value is -2.63. The Kier molecular flexibility index (Phi) is 4.03. The Morgan fingerprint density at radius 3 is 2.52 bits per heavy atom. The molecule has 2 heterocycles. The lowest BCUT2D eigenvalue weighted by atomic mass is 9.94. The minimum atomic E-state index is -0.307. The average Bonchev–Trinajstić information content (AvgIpc) is 3.22. The van der Waals surface area contributed by atoms with E-state index in [9.17, 15) is 9.59 Å². The highest BCUT2D eigenvalue weighted by molar-refractivity contribution is 5.95. The number of carbonyl (C=O) groups excluding carboxylic acids is 2. The first-order valence-electron chi connectivity index (χ1n) is 8.82. The van der Waals surface area contributed by atoms with Gasteiger partial charge in [-0.05, 0) is 37.2 Å². The SMILES string of the molecule is O=C(NCC(=O)N1CCC2(CC1)CC2)c1cc(-c2ccccc2)n[nH]1. The molecule has 0 bridgehead atoms. The third-order valence-electron chi connectivity index (χ3n) is 5.43. The molecule has 1 spiro atoms. The number of hydrogen-bond acceptors (Lipinski definition) is 3. The zero-order valence-corrected chi connectivity index (χ0v) is 14.1. The van der Waals surface area contributed by atoms with Crippen molar-refractivity contribution >= 4 is 11.8 Å². The van der Waals surface area contributed by atoms with Gasteiger partial charge in [0.15, 0.2) is 0 Å². The molecule has 0 radical (unpaired) electrons. The molecule has 25 heavy (non-hydrogen) atoms. The summed E-state index contributed by atoms with van der Waals surface area (Å²) in [6.45, 7) is 1.67. The van der Waals surface area contributed by atoms with Gasteiger partial charge in [-0.25, -0.2) is 0 Å². The van der Waals surface area contributed by atoms with Crippen LogP contribution in [0.5, 0.6) is 0 Å². The number of hydrogen-bond donors (Lipinski definition) is 2. The van der Waals surface area contributed by atoms with E-state index in [0.29, 0.717) is 16.8 Å². The second-order valence-electron chi connectivity index (χ2n) is 7.10. The number of H-pyrrole nitrogens is 1.